The molecule has 2 N–H and O–H groups in total. The molecule has 0 atom stereocenters. The second-order valence-electron chi connectivity index (χ2n) is 4.87. The van der Waals surface area contributed by atoms with Crippen molar-refractivity contribution in [2.75, 3.05) is 5.32 Å². The highest BCUT2D eigenvalue weighted by Crippen LogP contribution is 2.16. The lowest BCUT2D eigenvalue weighted by Gasteiger charge is -2.03. The van der Waals surface area contributed by atoms with E-state index in [-0.39, 0.29) is 11.7 Å². The van der Waals surface area contributed by atoms with Crippen LogP contribution < -0.4 is 10.1 Å². The molecule has 0 bridgehead atoms. The van der Waals surface area contributed by atoms with Crippen LogP contribution in [0.25, 0.3) is 17.1 Å². The Kier molecular flexibility index (Phi) is 4.51. The van der Waals surface area contributed by atoms with E-state index >= 15 is 0 Å². The maximum Gasteiger partial charge on any atom is 0.387 e. The summed E-state index contributed by atoms with van der Waals surface area (Å²) >= 11 is 0. The standard InChI is InChI=1S/C17H13F2N3O2/c18-16(19)24-12-8-5-11(6-9-12)7-10-15(23)22-17-20-13-3-1-2-4-14(13)21-17/h1-10,16H,(H2,20,21,22,23)/b10-7+. The number of aromatic nitrogens is 2. The number of ether oxygens (including phenoxy) is 1. The predicted octanol–water partition coefficient (Wildman–Crippen LogP) is 3.82. The van der Waals surface area contributed by atoms with E-state index in [1.165, 1.54) is 18.2 Å². The van der Waals surface area contributed by atoms with Crippen molar-refractivity contribution in [3.05, 3.63) is 60.2 Å². The van der Waals surface area contributed by atoms with Crippen LogP contribution in [0.5, 0.6) is 5.75 Å². The third-order valence-electron chi connectivity index (χ3n) is 3.16. The van der Waals surface area contributed by atoms with Gasteiger partial charge in [0.2, 0.25) is 5.95 Å². The molecule has 0 fully saturated rings. The molecular formula is C17H13F2N3O2. The molecule has 0 unspecified atom stereocenters. The number of fused-ring (bicyclic) bond motifs is 1. The second-order valence-corrected chi connectivity index (χ2v) is 4.87. The van der Waals surface area contributed by atoms with Crippen molar-refractivity contribution >= 4 is 29.0 Å². The summed E-state index contributed by atoms with van der Waals surface area (Å²) in [5.41, 5.74) is 2.26. The summed E-state index contributed by atoms with van der Waals surface area (Å²) in [5.74, 6) is 0.0578. The molecule has 122 valence electrons. The van der Waals surface area contributed by atoms with Crippen molar-refractivity contribution in [2.45, 2.75) is 6.61 Å². The van der Waals surface area contributed by atoms with Crippen LogP contribution in [0.1, 0.15) is 5.56 Å². The summed E-state index contributed by atoms with van der Waals surface area (Å²) in [5, 5.41) is 2.62. The molecule has 3 aromatic rings. The first-order valence-corrected chi connectivity index (χ1v) is 7.09. The number of benzene rings is 2. The van der Waals surface area contributed by atoms with Crippen molar-refractivity contribution in [1.29, 1.82) is 0 Å². The Bertz CT molecular complexity index is 840. The van der Waals surface area contributed by atoms with Gasteiger partial charge in [0.05, 0.1) is 11.0 Å². The number of nitrogens with one attached hydrogen (secondary N) is 2. The Morgan fingerprint density at radius 1 is 1.17 bits per heavy atom. The number of anilines is 1. The van der Waals surface area contributed by atoms with E-state index < -0.39 is 6.61 Å². The van der Waals surface area contributed by atoms with Crippen LogP contribution in [0.2, 0.25) is 0 Å². The van der Waals surface area contributed by atoms with Crippen molar-refractivity contribution in [3.8, 4) is 5.75 Å². The van der Waals surface area contributed by atoms with Crippen molar-refractivity contribution in [1.82, 2.24) is 9.97 Å². The van der Waals surface area contributed by atoms with Gasteiger partial charge in [-0.2, -0.15) is 8.78 Å². The number of H-pyrrole nitrogens is 1. The zero-order valence-corrected chi connectivity index (χ0v) is 12.4. The van der Waals surface area contributed by atoms with Gasteiger partial charge in [0.1, 0.15) is 5.75 Å². The molecule has 24 heavy (non-hydrogen) atoms. The number of alkyl halides is 2. The van der Waals surface area contributed by atoms with Gasteiger partial charge in [-0.3, -0.25) is 10.1 Å². The Balaban J connectivity index is 1.62. The largest absolute Gasteiger partial charge is 0.435 e. The predicted molar refractivity (Wildman–Crippen MR) is 86.8 cm³/mol. The van der Waals surface area contributed by atoms with Crippen molar-refractivity contribution in [2.24, 2.45) is 0 Å². The van der Waals surface area contributed by atoms with Crippen LogP contribution in [0, 0.1) is 0 Å². The molecule has 0 aliphatic heterocycles. The van der Waals surface area contributed by atoms with Crippen molar-refractivity contribution < 1.29 is 18.3 Å². The number of imidazole rings is 1. The number of hydrogen-bond acceptors (Lipinski definition) is 3. The van der Waals surface area contributed by atoms with Gasteiger partial charge in [-0.05, 0) is 35.9 Å². The topological polar surface area (TPSA) is 67.0 Å². The summed E-state index contributed by atoms with van der Waals surface area (Å²) in [7, 11) is 0. The van der Waals surface area contributed by atoms with E-state index in [1.807, 2.05) is 24.3 Å². The summed E-state index contributed by atoms with van der Waals surface area (Å²) in [6.07, 6.45) is 2.89. The molecule has 0 aliphatic carbocycles. The van der Waals surface area contributed by atoms with Gasteiger partial charge in [0, 0.05) is 6.08 Å². The highest BCUT2D eigenvalue weighted by molar-refractivity contribution is 6.01. The van der Waals surface area contributed by atoms with Crippen molar-refractivity contribution in [3.63, 3.8) is 0 Å². The number of hydrogen-bond donors (Lipinski definition) is 2. The summed E-state index contributed by atoms with van der Waals surface area (Å²) in [6, 6.07) is 13.4. The van der Waals surface area contributed by atoms with Gasteiger partial charge in [-0.15, -0.1) is 0 Å². The maximum absolute atomic E-state index is 12.1. The molecule has 0 aliphatic rings. The Morgan fingerprint density at radius 2 is 1.92 bits per heavy atom. The van der Waals surface area contributed by atoms with E-state index in [0.717, 1.165) is 11.0 Å². The third-order valence-corrected chi connectivity index (χ3v) is 3.16. The number of rotatable bonds is 5. The van der Waals surface area contributed by atoms with E-state index in [2.05, 4.69) is 20.0 Å². The number of nitrogens with zero attached hydrogens (tertiary/aromatic N) is 1. The van der Waals surface area contributed by atoms with Crippen LogP contribution in [0.15, 0.2) is 54.6 Å². The molecule has 0 saturated carbocycles. The summed E-state index contributed by atoms with van der Waals surface area (Å²) in [4.78, 5) is 19.1. The van der Waals surface area contributed by atoms with Crippen LogP contribution in [-0.2, 0) is 4.79 Å². The minimum Gasteiger partial charge on any atom is -0.435 e. The number of carbonyl (C=O) groups excluding carboxylic acids is 1. The summed E-state index contributed by atoms with van der Waals surface area (Å²) in [6.45, 7) is -2.86. The minimum absolute atomic E-state index is 0.0638. The molecule has 0 spiro atoms. The monoisotopic (exact) mass is 329 g/mol. The van der Waals surface area contributed by atoms with E-state index in [1.54, 1.807) is 18.2 Å². The minimum atomic E-state index is -2.86. The quantitative estimate of drug-likeness (QED) is 0.699. The molecule has 0 saturated heterocycles. The van der Waals surface area contributed by atoms with Gasteiger partial charge in [-0.25, -0.2) is 4.98 Å². The smallest absolute Gasteiger partial charge is 0.387 e. The lowest BCUT2D eigenvalue weighted by Crippen LogP contribution is -2.08. The van der Waals surface area contributed by atoms with Gasteiger partial charge < -0.3 is 9.72 Å². The highest BCUT2D eigenvalue weighted by atomic mass is 19.3. The van der Waals surface area contributed by atoms with Gasteiger partial charge in [-0.1, -0.05) is 24.3 Å². The average molecular weight is 329 g/mol. The molecule has 1 amide bonds. The molecule has 1 aromatic heterocycles. The summed E-state index contributed by atoms with van der Waals surface area (Å²) < 4.78 is 28.4. The molecule has 0 radical (unpaired) electrons. The molecule has 7 heteroatoms. The zero-order valence-electron chi connectivity index (χ0n) is 12.4. The average Bonchev–Trinajstić information content (AvgIpc) is 2.96. The SMILES string of the molecule is O=C(/C=C/c1ccc(OC(F)F)cc1)Nc1nc2ccccc2[nH]1. The first kappa shape index (κ1) is 15.7. The number of amides is 1. The lowest BCUT2D eigenvalue weighted by atomic mass is 10.2. The zero-order chi connectivity index (χ0) is 16.9. The first-order valence-electron chi connectivity index (χ1n) is 7.09. The molecular weight excluding hydrogens is 316 g/mol. The number of carbonyl (C=O) groups is 1. The fourth-order valence-electron chi connectivity index (χ4n) is 2.10. The van der Waals surface area contributed by atoms with Gasteiger partial charge >= 0.3 is 6.61 Å². The van der Waals surface area contributed by atoms with E-state index in [9.17, 15) is 13.6 Å². The number of halogens is 2. The van der Waals surface area contributed by atoms with Crippen LogP contribution in [0.3, 0.4) is 0 Å². The Morgan fingerprint density at radius 3 is 2.62 bits per heavy atom. The molecule has 5 nitrogen and oxygen atoms in total. The second kappa shape index (κ2) is 6.91. The number of aromatic amines is 1. The Hall–Kier alpha value is -3.22. The lowest BCUT2D eigenvalue weighted by molar-refractivity contribution is -0.111. The van der Waals surface area contributed by atoms with Gasteiger partial charge in [0.15, 0.2) is 0 Å². The highest BCUT2D eigenvalue weighted by Gasteiger charge is 2.05. The van der Waals surface area contributed by atoms with Crippen LogP contribution in [-0.4, -0.2) is 22.5 Å². The molecule has 3 rings (SSSR count). The van der Waals surface area contributed by atoms with E-state index in [4.69, 9.17) is 0 Å². The molecule has 2 aromatic carbocycles. The Labute approximate surface area is 136 Å². The van der Waals surface area contributed by atoms with Gasteiger partial charge in [0.25, 0.3) is 5.91 Å². The van der Waals surface area contributed by atoms with E-state index in [0.29, 0.717) is 11.5 Å². The molecule has 1 heterocycles. The first-order chi connectivity index (χ1) is 11.6. The fourth-order valence-corrected chi connectivity index (χ4v) is 2.10. The third kappa shape index (κ3) is 3.95. The van der Waals surface area contributed by atoms with Crippen LogP contribution in [0.4, 0.5) is 14.7 Å². The normalized spacial score (nSPS) is 11.3. The maximum atomic E-state index is 12.1. The number of para-hydroxylation sites is 2. The fraction of sp³-hybridized carbons (Fsp3) is 0.0588. The van der Waals surface area contributed by atoms with Crippen LogP contribution >= 0.6 is 0 Å².